The van der Waals surface area contributed by atoms with Gasteiger partial charge in [-0.05, 0) is 31.0 Å². The molecule has 2 aliphatic heterocycles. The molecular weight excluding hydrogens is 418 g/mol. The second-order valence-electron chi connectivity index (χ2n) is 8.78. The molecule has 0 spiro atoms. The normalized spacial score (nSPS) is 17.6. The summed E-state index contributed by atoms with van der Waals surface area (Å²) < 4.78 is 9.42. The molecule has 0 bridgehead atoms. The van der Waals surface area contributed by atoms with E-state index < -0.39 is 0 Å². The number of benzene rings is 1. The minimum atomic E-state index is 0.0623. The summed E-state index contributed by atoms with van der Waals surface area (Å²) in [5.41, 5.74) is 6.36. The van der Waals surface area contributed by atoms with Crippen molar-refractivity contribution in [3.63, 3.8) is 0 Å². The van der Waals surface area contributed by atoms with Crippen molar-refractivity contribution in [2.24, 2.45) is 7.05 Å². The van der Waals surface area contributed by atoms with E-state index in [-0.39, 0.29) is 11.9 Å². The molecule has 1 unspecified atom stereocenters. The molecular formula is C24H27N7O2. The molecule has 4 heterocycles. The molecule has 3 aromatic rings. The lowest BCUT2D eigenvalue weighted by Crippen LogP contribution is -2.35. The number of ether oxygens (including phenoxy) is 1. The van der Waals surface area contributed by atoms with Crippen molar-refractivity contribution in [2.75, 3.05) is 25.1 Å². The minimum absolute atomic E-state index is 0.0623. The van der Waals surface area contributed by atoms with Crippen molar-refractivity contribution in [2.45, 2.75) is 39.3 Å². The van der Waals surface area contributed by atoms with Crippen molar-refractivity contribution >= 4 is 17.4 Å². The van der Waals surface area contributed by atoms with Crippen LogP contribution in [0.5, 0.6) is 0 Å². The van der Waals surface area contributed by atoms with Crippen LogP contribution < -0.4 is 5.32 Å². The Kier molecular flexibility index (Phi) is 5.38. The van der Waals surface area contributed by atoms with E-state index in [0.717, 1.165) is 58.9 Å². The SMILES string of the molecule is CC(=O)N1CCc2c(c(Nc3cc(C#N)c(-c4cnn(C)c4)cc3C)nn2C2CCOC2)C1. The molecule has 1 saturated heterocycles. The molecule has 1 N–H and O–H groups in total. The molecule has 0 radical (unpaired) electrons. The van der Waals surface area contributed by atoms with Crippen molar-refractivity contribution in [1.29, 1.82) is 5.26 Å². The standard InChI is InChI=1S/C24H27N7O2/c1-15-8-20(18-11-26-29(3)12-18)17(10-25)9-22(15)27-24-21-13-30(16(2)32)6-4-23(21)31(28-24)19-5-7-33-14-19/h8-9,11-12,19H,4-7,13-14H2,1-3H3,(H,27,28). The number of fused-ring (bicyclic) bond motifs is 1. The van der Waals surface area contributed by atoms with Crippen molar-refractivity contribution in [1.82, 2.24) is 24.5 Å². The predicted octanol–water partition coefficient (Wildman–Crippen LogP) is 3.07. The molecule has 9 nitrogen and oxygen atoms in total. The number of rotatable bonds is 4. The molecule has 170 valence electrons. The molecule has 9 heteroatoms. The van der Waals surface area contributed by atoms with E-state index in [0.29, 0.717) is 25.3 Å². The zero-order valence-corrected chi connectivity index (χ0v) is 19.1. The van der Waals surface area contributed by atoms with Gasteiger partial charge in [-0.1, -0.05) is 0 Å². The highest BCUT2D eigenvalue weighted by Gasteiger charge is 2.30. The maximum Gasteiger partial charge on any atom is 0.219 e. The third-order valence-electron chi connectivity index (χ3n) is 6.54. The number of carbonyl (C=O) groups excluding carboxylic acids is 1. The first-order valence-corrected chi connectivity index (χ1v) is 11.2. The Bertz CT molecular complexity index is 1260. The number of hydrogen-bond acceptors (Lipinski definition) is 6. The van der Waals surface area contributed by atoms with Crippen LogP contribution in [0.1, 0.15) is 41.8 Å². The number of nitrogens with one attached hydrogen (secondary N) is 1. The zero-order valence-electron chi connectivity index (χ0n) is 19.1. The number of amides is 1. The van der Waals surface area contributed by atoms with Crippen molar-refractivity contribution in [3.8, 4) is 17.2 Å². The topological polar surface area (TPSA) is 101 Å². The Morgan fingerprint density at radius 2 is 2.21 bits per heavy atom. The summed E-state index contributed by atoms with van der Waals surface area (Å²) in [6.07, 6.45) is 5.37. The van der Waals surface area contributed by atoms with Gasteiger partial charge in [-0.3, -0.25) is 14.2 Å². The van der Waals surface area contributed by atoms with E-state index in [9.17, 15) is 10.1 Å². The summed E-state index contributed by atoms with van der Waals surface area (Å²) in [5, 5.41) is 22.5. The fraction of sp³-hybridized carbons (Fsp3) is 0.417. The van der Waals surface area contributed by atoms with Gasteiger partial charge in [0.1, 0.15) is 0 Å². The summed E-state index contributed by atoms with van der Waals surface area (Å²) in [6, 6.07) is 6.41. The first-order chi connectivity index (χ1) is 15.9. The van der Waals surface area contributed by atoms with Crippen LogP contribution in [0, 0.1) is 18.3 Å². The maximum absolute atomic E-state index is 12.1. The third-order valence-corrected chi connectivity index (χ3v) is 6.54. The highest BCUT2D eigenvalue weighted by atomic mass is 16.5. The Morgan fingerprint density at radius 1 is 1.36 bits per heavy atom. The quantitative estimate of drug-likeness (QED) is 0.662. The molecule has 0 aliphatic carbocycles. The monoisotopic (exact) mass is 445 g/mol. The largest absolute Gasteiger partial charge is 0.379 e. The number of aromatic nitrogens is 4. The molecule has 5 rings (SSSR count). The van der Waals surface area contributed by atoms with Gasteiger partial charge >= 0.3 is 0 Å². The van der Waals surface area contributed by atoms with Crippen LogP contribution >= 0.6 is 0 Å². The van der Waals surface area contributed by atoms with Crippen molar-refractivity contribution in [3.05, 3.63) is 46.9 Å². The number of nitriles is 1. The van der Waals surface area contributed by atoms with Gasteiger partial charge in [-0.15, -0.1) is 0 Å². The number of hydrogen-bond donors (Lipinski definition) is 1. The zero-order chi connectivity index (χ0) is 23.1. The van der Waals surface area contributed by atoms with E-state index >= 15 is 0 Å². The Labute approximate surface area is 192 Å². The van der Waals surface area contributed by atoms with Gasteiger partial charge in [0.05, 0.1) is 37.0 Å². The summed E-state index contributed by atoms with van der Waals surface area (Å²) >= 11 is 0. The van der Waals surface area contributed by atoms with Gasteiger partial charge in [-0.25, -0.2) is 0 Å². The van der Waals surface area contributed by atoms with E-state index in [1.807, 2.05) is 37.2 Å². The van der Waals surface area contributed by atoms with Crippen LogP contribution in [-0.2, 0) is 29.5 Å². The number of aryl methyl sites for hydroxylation is 2. The Morgan fingerprint density at radius 3 is 2.88 bits per heavy atom. The first kappa shape index (κ1) is 21.2. The molecule has 1 aromatic carbocycles. The van der Waals surface area contributed by atoms with Gasteiger partial charge in [0.15, 0.2) is 5.82 Å². The maximum atomic E-state index is 12.1. The van der Waals surface area contributed by atoms with E-state index in [1.54, 1.807) is 17.8 Å². The van der Waals surface area contributed by atoms with Gasteiger partial charge < -0.3 is 15.0 Å². The molecule has 2 aliphatic rings. The van der Waals surface area contributed by atoms with Gasteiger partial charge in [0, 0.05) is 67.8 Å². The predicted molar refractivity (Wildman–Crippen MR) is 123 cm³/mol. The second-order valence-corrected chi connectivity index (χ2v) is 8.78. The van der Waals surface area contributed by atoms with Gasteiger partial charge in [0.2, 0.25) is 5.91 Å². The van der Waals surface area contributed by atoms with E-state index in [2.05, 4.69) is 21.2 Å². The van der Waals surface area contributed by atoms with Gasteiger partial charge in [0.25, 0.3) is 0 Å². The lowest BCUT2D eigenvalue weighted by atomic mass is 9.99. The minimum Gasteiger partial charge on any atom is -0.379 e. The average molecular weight is 446 g/mol. The van der Waals surface area contributed by atoms with Gasteiger partial charge in [-0.2, -0.15) is 15.5 Å². The Balaban J connectivity index is 1.54. The highest BCUT2D eigenvalue weighted by Crippen LogP contribution is 2.35. The number of nitrogens with zero attached hydrogens (tertiary/aromatic N) is 6. The van der Waals surface area contributed by atoms with E-state index in [1.165, 1.54) is 0 Å². The molecule has 33 heavy (non-hydrogen) atoms. The summed E-state index contributed by atoms with van der Waals surface area (Å²) in [6.45, 7) is 6.23. The molecule has 2 aromatic heterocycles. The molecule has 1 amide bonds. The average Bonchev–Trinajstić information content (AvgIpc) is 3.55. The van der Waals surface area contributed by atoms with Crippen LogP contribution in [0.4, 0.5) is 11.5 Å². The summed E-state index contributed by atoms with van der Waals surface area (Å²) in [7, 11) is 1.86. The van der Waals surface area contributed by atoms with Crippen LogP contribution in [0.25, 0.3) is 11.1 Å². The number of anilines is 2. The fourth-order valence-corrected chi connectivity index (χ4v) is 4.69. The lowest BCUT2D eigenvalue weighted by molar-refractivity contribution is -0.129. The molecule has 0 saturated carbocycles. The summed E-state index contributed by atoms with van der Waals surface area (Å²) in [5.74, 6) is 0.802. The summed E-state index contributed by atoms with van der Waals surface area (Å²) in [4.78, 5) is 13.9. The van der Waals surface area contributed by atoms with Crippen LogP contribution in [0.15, 0.2) is 24.5 Å². The first-order valence-electron chi connectivity index (χ1n) is 11.2. The Hall–Kier alpha value is -3.64. The lowest BCUT2D eigenvalue weighted by Gasteiger charge is -2.27. The molecule has 1 fully saturated rings. The van der Waals surface area contributed by atoms with Crippen LogP contribution in [-0.4, -0.2) is 50.1 Å². The third kappa shape index (κ3) is 3.87. The van der Waals surface area contributed by atoms with E-state index in [4.69, 9.17) is 9.84 Å². The van der Waals surface area contributed by atoms with Crippen LogP contribution in [0.3, 0.4) is 0 Å². The van der Waals surface area contributed by atoms with Crippen LogP contribution in [0.2, 0.25) is 0 Å². The molecule has 1 atom stereocenters. The fourth-order valence-electron chi connectivity index (χ4n) is 4.69. The smallest absolute Gasteiger partial charge is 0.219 e. The highest BCUT2D eigenvalue weighted by molar-refractivity contribution is 5.77. The van der Waals surface area contributed by atoms with Crippen molar-refractivity contribution < 1.29 is 9.53 Å². The number of carbonyl (C=O) groups is 1. The second kappa shape index (κ2) is 8.37.